The number of hydrogen-bond donors (Lipinski definition) is 1. The van der Waals surface area contributed by atoms with E-state index in [4.69, 9.17) is 5.11 Å². The second-order valence-electron chi connectivity index (χ2n) is 5.98. The van der Waals surface area contributed by atoms with Crippen molar-refractivity contribution in [2.45, 2.75) is 32.5 Å². The Morgan fingerprint density at radius 1 is 1.48 bits per heavy atom. The average molecular weight is 375 g/mol. The summed E-state index contributed by atoms with van der Waals surface area (Å²) in [7, 11) is 0. The molecule has 21 heavy (non-hydrogen) atoms. The maximum atomic E-state index is 13.8. The van der Waals surface area contributed by atoms with Crippen LogP contribution in [0.1, 0.15) is 20.8 Å². The quantitative estimate of drug-likeness (QED) is 0.816. The Morgan fingerprint density at radius 2 is 2.14 bits per heavy atom. The van der Waals surface area contributed by atoms with Crippen LogP contribution in [0.5, 0.6) is 0 Å². The Balaban J connectivity index is 2.54. The molecule has 0 aliphatic heterocycles. The molecule has 0 atom stereocenters. The topological polar surface area (TPSA) is 55.1 Å². The van der Waals surface area contributed by atoms with Gasteiger partial charge >= 0.3 is 5.97 Å². The lowest BCUT2D eigenvalue weighted by molar-refractivity contribution is -0.133. The summed E-state index contributed by atoms with van der Waals surface area (Å²) in [6.45, 7) is 6.84. The van der Waals surface area contributed by atoms with E-state index in [1.54, 1.807) is 6.07 Å². The highest BCUT2D eigenvalue weighted by atomic mass is 79.9. The van der Waals surface area contributed by atoms with E-state index in [1.807, 2.05) is 4.57 Å². The number of aromatic nitrogens is 2. The van der Waals surface area contributed by atoms with Crippen molar-refractivity contribution >= 4 is 44.7 Å². The molecule has 0 radical (unpaired) electrons. The molecule has 114 valence electrons. The standard InChI is InChI=1S/C14H16BrFN2O2S/c1-14(2,3)7-18-11-5-9(16)8(15)4-10(11)17-13(18)21-6-12(19)20/h4-5H,6-7H2,1-3H3,(H,19,20). The van der Waals surface area contributed by atoms with Gasteiger partial charge in [0.25, 0.3) is 0 Å². The summed E-state index contributed by atoms with van der Waals surface area (Å²) in [5, 5.41) is 9.43. The molecule has 0 aliphatic rings. The number of carboxylic acids is 1. The zero-order chi connectivity index (χ0) is 15.8. The summed E-state index contributed by atoms with van der Waals surface area (Å²) >= 11 is 4.30. The van der Waals surface area contributed by atoms with Gasteiger partial charge in [-0.15, -0.1) is 0 Å². The number of carbonyl (C=O) groups is 1. The first-order chi connectivity index (χ1) is 9.67. The molecule has 0 aliphatic carbocycles. The summed E-state index contributed by atoms with van der Waals surface area (Å²) in [5.41, 5.74) is 1.30. The van der Waals surface area contributed by atoms with E-state index in [-0.39, 0.29) is 17.0 Å². The predicted octanol–water partition coefficient (Wildman–Crippen LogP) is 4.16. The Labute approximate surface area is 134 Å². The van der Waals surface area contributed by atoms with Gasteiger partial charge in [-0.25, -0.2) is 9.37 Å². The molecule has 0 saturated carbocycles. The Kier molecular flexibility index (Phi) is 4.63. The molecule has 1 aromatic carbocycles. The molecule has 2 aromatic rings. The number of hydrogen-bond acceptors (Lipinski definition) is 3. The minimum atomic E-state index is -0.901. The number of imidazole rings is 1. The van der Waals surface area contributed by atoms with E-state index in [2.05, 4.69) is 41.7 Å². The van der Waals surface area contributed by atoms with Crippen molar-refractivity contribution in [3.05, 3.63) is 22.4 Å². The van der Waals surface area contributed by atoms with Crippen LogP contribution in [-0.2, 0) is 11.3 Å². The smallest absolute Gasteiger partial charge is 0.313 e. The van der Waals surface area contributed by atoms with Gasteiger partial charge in [0.2, 0.25) is 0 Å². The number of halogens is 2. The SMILES string of the molecule is CC(C)(C)Cn1c(SCC(=O)O)nc2cc(Br)c(F)cc21. The fourth-order valence-electron chi connectivity index (χ4n) is 1.96. The van der Waals surface area contributed by atoms with Crippen LogP contribution >= 0.6 is 27.7 Å². The third-order valence-electron chi connectivity index (χ3n) is 2.71. The number of aliphatic carboxylic acids is 1. The molecule has 0 fully saturated rings. The molecule has 7 heteroatoms. The molecular weight excluding hydrogens is 359 g/mol. The van der Waals surface area contributed by atoms with Crippen LogP contribution in [-0.4, -0.2) is 26.4 Å². The molecule has 0 saturated heterocycles. The molecule has 0 unspecified atom stereocenters. The fraction of sp³-hybridized carbons (Fsp3) is 0.429. The van der Waals surface area contributed by atoms with Gasteiger partial charge in [-0.1, -0.05) is 32.5 Å². The van der Waals surface area contributed by atoms with Gasteiger partial charge in [0.1, 0.15) is 5.82 Å². The summed E-state index contributed by atoms with van der Waals surface area (Å²) in [6, 6.07) is 3.05. The van der Waals surface area contributed by atoms with Gasteiger partial charge in [-0.05, 0) is 27.4 Å². The highest BCUT2D eigenvalue weighted by Crippen LogP contribution is 2.31. The second-order valence-corrected chi connectivity index (χ2v) is 7.78. The van der Waals surface area contributed by atoms with E-state index < -0.39 is 5.97 Å². The van der Waals surface area contributed by atoms with Gasteiger partial charge in [-0.2, -0.15) is 0 Å². The molecule has 4 nitrogen and oxygen atoms in total. The predicted molar refractivity (Wildman–Crippen MR) is 85.2 cm³/mol. The number of rotatable bonds is 4. The van der Waals surface area contributed by atoms with E-state index >= 15 is 0 Å². The third kappa shape index (κ3) is 3.97. The Morgan fingerprint density at radius 3 is 2.71 bits per heavy atom. The zero-order valence-corrected chi connectivity index (χ0v) is 14.4. The Hall–Kier alpha value is -1.08. The monoisotopic (exact) mass is 374 g/mol. The molecule has 0 spiro atoms. The minimum Gasteiger partial charge on any atom is -0.481 e. The van der Waals surface area contributed by atoms with E-state index in [9.17, 15) is 9.18 Å². The normalized spacial score (nSPS) is 12.0. The van der Waals surface area contributed by atoms with Crippen molar-refractivity contribution in [1.29, 1.82) is 0 Å². The van der Waals surface area contributed by atoms with E-state index in [0.29, 0.717) is 27.2 Å². The van der Waals surface area contributed by atoms with Gasteiger partial charge in [0.05, 0.1) is 21.3 Å². The van der Waals surface area contributed by atoms with Crippen molar-refractivity contribution in [3.63, 3.8) is 0 Å². The van der Waals surface area contributed by atoms with Crippen molar-refractivity contribution in [2.75, 3.05) is 5.75 Å². The highest BCUT2D eigenvalue weighted by Gasteiger charge is 2.19. The lowest BCUT2D eigenvalue weighted by Crippen LogP contribution is -2.16. The van der Waals surface area contributed by atoms with Crippen LogP contribution < -0.4 is 0 Å². The van der Waals surface area contributed by atoms with Crippen molar-refractivity contribution in [1.82, 2.24) is 9.55 Å². The summed E-state index contributed by atoms with van der Waals surface area (Å²) in [6.07, 6.45) is 0. The van der Waals surface area contributed by atoms with Crippen LogP contribution in [0.2, 0.25) is 0 Å². The molecular formula is C14H16BrFN2O2S. The summed E-state index contributed by atoms with van der Waals surface area (Å²) < 4.78 is 16.0. The second kappa shape index (κ2) is 5.96. The van der Waals surface area contributed by atoms with Crippen LogP contribution in [0.25, 0.3) is 11.0 Å². The Bertz CT molecular complexity index is 694. The molecule has 1 N–H and O–H groups in total. The van der Waals surface area contributed by atoms with Crippen LogP contribution in [0.3, 0.4) is 0 Å². The number of thioether (sulfide) groups is 1. The zero-order valence-electron chi connectivity index (χ0n) is 12.0. The van der Waals surface area contributed by atoms with Gasteiger partial charge in [-0.3, -0.25) is 4.79 Å². The van der Waals surface area contributed by atoms with Gasteiger partial charge in [0, 0.05) is 12.6 Å². The maximum Gasteiger partial charge on any atom is 0.313 e. The third-order valence-corrected chi connectivity index (χ3v) is 4.28. The molecule has 1 aromatic heterocycles. The minimum absolute atomic E-state index is 0.0320. The maximum absolute atomic E-state index is 13.8. The largest absolute Gasteiger partial charge is 0.481 e. The van der Waals surface area contributed by atoms with Gasteiger partial charge in [0.15, 0.2) is 5.16 Å². The summed E-state index contributed by atoms with van der Waals surface area (Å²) in [4.78, 5) is 15.2. The lowest BCUT2D eigenvalue weighted by atomic mass is 9.97. The van der Waals surface area contributed by atoms with Crippen LogP contribution in [0.15, 0.2) is 21.8 Å². The molecule has 0 amide bonds. The van der Waals surface area contributed by atoms with Crippen molar-refractivity contribution in [2.24, 2.45) is 5.41 Å². The molecule has 0 bridgehead atoms. The first-order valence-electron chi connectivity index (χ1n) is 6.37. The molecule has 1 heterocycles. The summed E-state index contributed by atoms with van der Waals surface area (Å²) in [5.74, 6) is -1.33. The number of carboxylic acid groups (broad SMARTS) is 1. The fourth-order valence-corrected chi connectivity index (χ4v) is 3.03. The number of nitrogens with zero attached hydrogens (tertiary/aromatic N) is 2. The average Bonchev–Trinajstić information content (AvgIpc) is 2.63. The highest BCUT2D eigenvalue weighted by molar-refractivity contribution is 9.10. The van der Waals surface area contributed by atoms with Crippen LogP contribution in [0, 0.1) is 11.2 Å². The first-order valence-corrected chi connectivity index (χ1v) is 8.15. The van der Waals surface area contributed by atoms with E-state index in [1.165, 1.54) is 6.07 Å². The van der Waals surface area contributed by atoms with Crippen molar-refractivity contribution in [3.8, 4) is 0 Å². The van der Waals surface area contributed by atoms with E-state index in [0.717, 1.165) is 11.8 Å². The number of fused-ring (bicyclic) bond motifs is 1. The van der Waals surface area contributed by atoms with Crippen molar-refractivity contribution < 1.29 is 14.3 Å². The van der Waals surface area contributed by atoms with Gasteiger partial charge < -0.3 is 9.67 Å². The lowest BCUT2D eigenvalue weighted by Gasteiger charge is -2.21. The molecule has 2 rings (SSSR count). The van der Waals surface area contributed by atoms with Crippen LogP contribution in [0.4, 0.5) is 4.39 Å². The first kappa shape index (κ1) is 16.3. The number of benzene rings is 1.